The standard InChI is InChI=1S/C10H13BrN4/c1-14-7-13-10(11)9(14)8(6-12)15-4-2-3-5-15/h7-8H,2-5H2,1H3. The average molecular weight is 269 g/mol. The van der Waals surface area contributed by atoms with Crippen LogP contribution in [0.1, 0.15) is 24.6 Å². The van der Waals surface area contributed by atoms with Gasteiger partial charge in [0.1, 0.15) is 10.6 Å². The molecular weight excluding hydrogens is 256 g/mol. The lowest BCUT2D eigenvalue weighted by atomic mass is 10.2. The summed E-state index contributed by atoms with van der Waals surface area (Å²) < 4.78 is 2.69. The summed E-state index contributed by atoms with van der Waals surface area (Å²) >= 11 is 3.40. The third kappa shape index (κ3) is 1.92. The third-order valence-electron chi connectivity index (χ3n) is 2.82. The van der Waals surface area contributed by atoms with Crippen LogP contribution in [0.3, 0.4) is 0 Å². The van der Waals surface area contributed by atoms with Gasteiger partial charge in [-0.2, -0.15) is 5.26 Å². The van der Waals surface area contributed by atoms with Crippen LogP contribution in [0.2, 0.25) is 0 Å². The fourth-order valence-electron chi connectivity index (χ4n) is 2.03. The van der Waals surface area contributed by atoms with E-state index >= 15 is 0 Å². The molecule has 0 saturated carbocycles. The summed E-state index contributed by atoms with van der Waals surface area (Å²) in [7, 11) is 1.92. The highest BCUT2D eigenvalue weighted by molar-refractivity contribution is 9.10. The van der Waals surface area contributed by atoms with Gasteiger partial charge in [0.2, 0.25) is 0 Å². The Bertz CT molecular complexity index is 367. The molecule has 0 bridgehead atoms. The Kier molecular flexibility index (Phi) is 3.08. The summed E-state index contributed by atoms with van der Waals surface area (Å²) in [5.74, 6) is 0. The Morgan fingerprint density at radius 1 is 1.53 bits per heavy atom. The van der Waals surface area contributed by atoms with Crippen molar-refractivity contribution in [2.45, 2.75) is 18.9 Å². The molecule has 1 aromatic rings. The van der Waals surface area contributed by atoms with E-state index in [1.807, 2.05) is 11.6 Å². The van der Waals surface area contributed by atoms with Crippen LogP contribution in [-0.4, -0.2) is 27.5 Å². The highest BCUT2D eigenvalue weighted by Gasteiger charge is 2.27. The highest BCUT2D eigenvalue weighted by atomic mass is 79.9. The maximum atomic E-state index is 9.25. The first-order chi connectivity index (χ1) is 7.24. The zero-order valence-corrected chi connectivity index (χ0v) is 10.2. The van der Waals surface area contributed by atoms with Gasteiger partial charge in [-0.3, -0.25) is 4.90 Å². The average Bonchev–Trinajstić information content (AvgIpc) is 2.83. The maximum Gasteiger partial charge on any atom is 0.141 e. The Hall–Kier alpha value is -0.860. The first kappa shape index (κ1) is 10.7. The topological polar surface area (TPSA) is 44.9 Å². The summed E-state index contributed by atoms with van der Waals surface area (Å²) in [5.41, 5.74) is 0.958. The molecule has 0 aromatic carbocycles. The SMILES string of the molecule is Cn1cnc(Br)c1C(C#N)N1CCCC1. The predicted octanol–water partition coefficient (Wildman–Crippen LogP) is 1.84. The van der Waals surface area contributed by atoms with Crippen LogP contribution in [0, 0.1) is 11.3 Å². The molecule has 0 aliphatic carbocycles. The highest BCUT2D eigenvalue weighted by Crippen LogP contribution is 2.28. The number of likely N-dealkylation sites (tertiary alicyclic amines) is 1. The van der Waals surface area contributed by atoms with E-state index in [4.69, 9.17) is 0 Å². The first-order valence-electron chi connectivity index (χ1n) is 5.04. The van der Waals surface area contributed by atoms with E-state index in [9.17, 15) is 5.26 Å². The molecule has 1 atom stereocenters. The summed E-state index contributed by atoms with van der Waals surface area (Å²) in [6, 6.07) is 2.19. The van der Waals surface area contributed by atoms with Crippen LogP contribution in [0.15, 0.2) is 10.9 Å². The number of rotatable bonds is 2. The van der Waals surface area contributed by atoms with Gasteiger partial charge in [-0.05, 0) is 41.9 Å². The summed E-state index contributed by atoms with van der Waals surface area (Å²) in [4.78, 5) is 6.37. The minimum atomic E-state index is -0.172. The molecule has 80 valence electrons. The van der Waals surface area contributed by atoms with Crippen LogP contribution in [0.4, 0.5) is 0 Å². The molecule has 1 aromatic heterocycles. The van der Waals surface area contributed by atoms with Crippen molar-refractivity contribution in [3.63, 3.8) is 0 Å². The molecule has 2 heterocycles. The van der Waals surface area contributed by atoms with Gasteiger partial charge >= 0.3 is 0 Å². The molecule has 4 nitrogen and oxygen atoms in total. The minimum Gasteiger partial charge on any atom is -0.334 e. The molecule has 1 saturated heterocycles. The number of nitriles is 1. The van der Waals surface area contributed by atoms with Crippen molar-refractivity contribution in [3.8, 4) is 6.07 Å². The van der Waals surface area contributed by atoms with E-state index in [0.717, 1.165) is 23.4 Å². The largest absolute Gasteiger partial charge is 0.334 e. The van der Waals surface area contributed by atoms with Crippen molar-refractivity contribution >= 4 is 15.9 Å². The summed E-state index contributed by atoms with van der Waals surface area (Å²) in [6.45, 7) is 2.02. The normalized spacial score (nSPS) is 19.0. The Labute approximate surface area is 97.6 Å². The smallest absolute Gasteiger partial charge is 0.141 e. The Balaban J connectivity index is 2.30. The van der Waals surface area contributed by atoms with Gasteiger partial charge in [0.25, 0.3) is 0 Å². The van der Waals surface area contributed by atoms with Crippen molar-refractivity contribution < 1.29 is 0 Å². The number of halogens is 1. The predicted molar refractivity (Wildman–Crippen MR) is 60.1 cm³/mol. The lowest BCUT2D eigenvalue weighted by Crippen LogP contribution is -2.26. The summed E-state index contributed by atoms with van der Waals surface area (Å²) in [5, 5.41) is 9.25. The molecule has 1 aliphatic heterocycles. The number of aryl methyl sites for hydroxylation is 1. The lowest BCUT2D eigenvalue weighted by molar-refractivity contribution is 0.285. The third-order valence-corrected chi connectivity index (χ3v) is 3.43. The van der Waals surface area contributed by atoms with E-state index in [-0.39, 0.29) is 6.04 Å². The molecule has 15 heavy (non-hydrogen) atoms. The molecule has 1 unspecified atom stereocenters. The molecule has 5 heteroatoms. The monoisotopic (exact) mass is 268 g/mol. The van der Waals surface area contributed by atoms with Gasteiger partial charge in [-0.25, -0.2) is 4.98 Å². The molecule has 0 spiro atoms. The van der Waals surface area contributed by atoms with Crippen molar-refractivity contribution in [2.24, 2.45) is 7.05 Å². The fraction of sp³-hybridized carbons (Fsp3) is 0.600. The minimum absolute atomic E-state index is 0.172. The molecule has 0 N–H and O–H groups in total. The van der Waals surface area contributed by atoms with Crippen LogP contribution < -0.4 is 0 Å². The number of hydrogen-bond donors (Lipinski definition) is 0. The van der Waals surface area contributed by atoms with E-state index < -0.39 is 0 Å². The van der Waals surface area contributed by atoms with Crippen LogP contribution in [0.5, 0.6) is 0 Å². The van der Waals surface area contributed by atoms with Crippen LogP contribution >= 0.6 is 15.9 Å². The van der Waals surface area contributed by atoms with Crippen molar-refractivity contribution in [1.82, 2.24) is 14.5 Å². The maximum absolute atomic E-state index is 9.25. The number of aromatic nitrogens is 2. The molecule has 0 radical (unpaired) electrons. The van der Waals surface area contributed by atoms with Crippen LogP contribution in [-0.2, 0) is 7.05 Å². The number of hydrogen-bond acceptors (Lipinski definition) is 3. The summed E-state index contributed by atoms with van der Waals surface area (Å²) in [6.07, 6.45) is 4.11. The molecular formula is C10H13BrN4. The second-order valence-corrected chi connectivity index (χ2v) is 4.56. The van der Waals surface area contributed by atoms with Crippen molar-refractivity contribution in [2.75, 3.05) is 13.1 Å². The van der Waals surface area contributed by atoms with Gasteiger partial charge in [0.15, 0.2) is 0 Å². The lowest BCUT2D eigenvalue weighted by Gasteiger charge is -2.21. The van der Waals surface area contributed by atoms with Gasteiger partial charge in [0.05, 0.1) is 18.1 Å². The van der Waals surface area contributed by atoms with Crippen LogP contribution in [0.25, 0.3) is 0 Å². The zero-order valence-electron chi connectivity index (χ0n) is 8.65. The van der Waals surface area contributed by atoms with Gasteiger partial charge in [-0.1, -0.05) is 0 Å². The number of nitrogens with zero attached hydrogens (tertiary/aromatic N) is 4. The van der Waals surface area contributed by atoms with E-state index in [1.165, 1.54) is 12.8 Å². The Morgan fingerprint density at radius 3 is 2.67 bits per heavy atom. The Morgan fingerprint density at radius 2 is 2.20 bits per heavy atom. The van der Waals surface area contributed by atoms with Crippen molar-refractivity contribution in [1.29, 1.82) is 5.26 Å². The molecule has 0 amide bonds. The van der Waals surface area contributed by atoms with Gasteiger partial charge < -0.3 is 4.57 Å². The fourth-order valence-corrected chi connectivity index (χ4v) is 2.62. The second-order valence-electron chi connectivity index (χ2n) is 3.81. The quantitative estimate of drug-likeness (QED) is 0.823. The molecule has 1 aliphatic rings. The zero-order chi connectivity index (χ0) is 10.8. The van der Waals surface area contributed by atoms with E-state index in [2.05, 4.69) is 31.9 Å². The number of imidazole rings is 1. The van der Waals surface area contributed by atoms with E-state index in [0.29, 0.717) is 0 Å². The molecule has 2 rings (SSSR count). The second kappa shape index (κ2) is 4.33. The first-order valence-corrected chi connectivity index (χ1v) is 5.83. The van der Waals surface area contributed by atoms with Gasteiger partial charge in [0, 0.05) is 7.05 Å². The molecule has 1 fully saturated rings. The van der Waals surface area contributed by atoms with Gasteiger partial charge in [-0.15, -0.1) is 0 Å². The van der Waals surface area contributed by atoms with E-state index in [1.54, 1.807) is 6.33 Å². The van der Waals surface area contributed by atoms with Crippen molar-refractivity contribution in [3.05, 3.63) is 16.6 Å².